The number of nitrogens with one attached hydrogen (secondary N) is 1. The summed E-state index contributed by atoms with van der Waals surface area (Å²) in [6.45, 7) is 2.21. The topological polar surface area (TPSA) is 72.2 Å². The first-order valence-corrected chi connectivity index (χ1v) is 8.27. The van der Waals surface area contributed by atoms with Gasteiger partial charge in [0.15, 0.2) is 0 Å². The van der Waals surface area contributed by atoms with Crippen molar-refractivity contribution in [2.24, 2.45) is 0 Å². The number of aryl methyl sites for hydroxylation is 1. The van der Waals surface area contributed by atoms with Crippen LogP contribution in [0.2, 0.25) is 0 Å². The molecule has 2 aromatic carbocycles. The summed E-state index contributed by atoms with van der Waals surface area (Å²) in [5.74, 6) is 0. The molecule has 0 aliphatic rings. The molecule has 4 nitrogen and oxygen atoms in total. The van der Waals surface area contributed by atoms with Crippen LogP contribution in [0.25, 0.3) is 0 Å². The second-order valence-corrected chi connectivity index (χ2v) is 7.06. The highest BCUT2D eigenvalue weighted by Crippen LogP contribution is 2.23. The zero-order chi connectivity index (χ0) is 14.8. The van der Waals surface area contributed by atoms with Gasteiger partial charge in [0.05, 0.1) is 4.90 Å². The predicted molar refractivity (Wildman–Crippen MR) is 83.8 cm³/mol. The van der Waals surface area contributed by atoms with Crippen molar-refractivity contribution in [1.82, 2.24) is 4.72 Å². The minimum absolute atomic E-state index is 0.187. The molecular weight excluding hydrogens is 340 g/mol. The van der Waals surface area contributed by atoms with Crippen LogP contribution in [0.4, 0.5) is 5.69 Å². The molecule has 0 spiro atoms. The van der Waals surface area contributed by atoms with Crippen molar-refractivity contribution in [2.45, 2.75) is 18.4 Å². The molecule has 20 heavy (non-hydrogen) atoms. The molecule has 2 rings (SSSR count). The Morgan fingerprint density at radius 1 is 1.20 bits per heavy atom. The number of hydrogen-bond acceptors (Lipinski definition) is 3. The Hall–Kier alpha value is -1.37. The molecule has 0 saturated heterocycles. The van der Waals surface area contributed by atoms with Crippen LogP contribution in [-0.4, -0.2) is 8.42 Å². The number of nitrogen functional groups attached to an aromatic ring is 1. The summed E-state index contributed by atoms with van der Waals surface area (Å²) in [6.07, 6.45) is 0. The monoisotopic (exact) mass is 354 g/mol. The van der Waals surface area contributed by atoms with Crippen molar-refractivity contribution in [3.63, 3.8) is 0 Å². The number of nitrogens with two attached hydrogens (primary N) is 1. The van der Waals surface area contributed by atoms with Crippen LogP contribution in [0.3, 0.4) is 0 Å². The van der Waals surface area contributed by atoms with E-state index in [4.69, 9.17) is 5.73 Å². The van der Waals surface area contributed by atoms with E-state index < -0.39 is 10.0 Å². The largest absolute Gasteiger partial charge is 0.398 e. The molecule has 0 bridgehead atoms. The van der Waals surface area contributed by atoms with Gasteiger partial charge in [-0.1, -0.05) is 24.3 Å². The lowest BCUT2D eigenvalue weighted by molar-refractivity contribution is 0.581. The van der Waals surface area contributed by atoms with E-state index >= 15 is 0 Å². The summed E-state index contributed by atoms with van der Waals surface area (Å²) in [5.41, 5.74) is 8.16. The van der Waals surface area contributed by atoms with Crippen LogP contribution in [0.5, 0.6) is 0 Å². The van der Waals surface area contributed by atoms with Crippen molar-refractivity contribution in [1.29, 1.82) is 0 Å². The molecule has 0 aliphatic heterocycles. The third kappa shape index (κ3) is 3.39. The highest BCUT2D eigenvalue weighted by molar-refractivity contribution is 9.10. The Bertz CT molecular complexity index is 730. The number of anilines is 1. The van der Waals surface area contributed by atoms with E-state index in [1.807, 2.05) is 31.2 Å². The minimum Gasteiger partial charge on any atom is -0.398 e. The molecule has 0 amide bonds. The van der Waals surface area contributed by atoms with Crippen LogP contribution in [0.15, 0.2) is 51.8 Å². The fourth-order valence-corrected chi connectivity index (χ4v) is 3.30. The first-order valence-electron chi connectivity index (χ1n) is 5.99. The lowest BCUT2D eigenvalue weighted by Gasteiger charge is -2.09. The molecule has 106 valence electrons. The van der Waals surface area contributed by atoms with Crippen molar-refractivity contribution >= 4 is 31.6 Å². The van der Waals surface area contributed by atoms with Gasteiger partial charge < -0.3 is 5.73 Å². The van der Waals surface area contributed by atoms with Crippen LogP contribution >= 0.6 is 15.9 Å². The summed E-state index contributed by atoms with van der Waals surface area (Å²) in [4.78, 5) is 0.187. The smallest absolute Gasteiger partial charge is 0.240 e. The first-order chi connectivity index (χ1) is 9.40. The van der Waals surface area contributed by atoms with Gasteiger partial charge in [0.1, 0.15) is 0 Å². The van der Waals surface area contributed by atoms with E-state index in [1.54, 1.807) is 6.07 Å². The number of halogens is 1. The van der Waals surface area contributed by atoms with Gasteiger partial charge in [-0.3, -0.25) is 0 Å². The zero-order valence-corrected chi connectivity index (χ0v) is 13.3. The van der Waals surface area contributed by atoms with E-state index in [0.29, 0.717) is 10.2 Å². The molecule has 0 aromatic heterocycles. The number of hydrogen-bond donors (Lipinski definition) is 2. The maximum Gasteiger partial charge on any atom is 0.240 e. The maximum absolute atomic E-state index is 12.2. The summed E-state index contributed by atoms with van der Waals surface area (Å²) in [7, 11) is -3.55. The van der Waals surface area contributed by atoms with Gasteiger partial charge in [0, 0.05) is 16.7 Å². The van der Waals surface area contributed by atoms with Gasteiger partial charge in [-0.05, 0) is 52.2 Å². The fourth-order valence-electron chi connectivity index (χ4n) is 1.74. The molecular formula is C14H15BrN2O2S. The third-order valence-corrected chi connectivity index (χ3v) is 5.08. The van der Waals surface area contributed by atoms with E-state index in [2.05, 4.69) is 20.7 Å². The van der Waals surface area contributed by atoms with Gasteiger partial charge in [-0.25, -0.2) is 13.1 Å². The molecule has 3 N–H and O–H groups in total. The second kappa shape index (κ2) is 5.95. The lowest BCUT2D eigenvalue weighted by Crippen LogP contribution is -2.23. The summed E-state index contributed by atoms with van der Waals surface area (Å²) >= 11 is 3.23. The fraction of sp³-hybridized carbons (Fsp3) is 0.143. The Kier molecular flexibility index (Phi) is 4.47. The third-order valence-electron chi connectivity index (χ3n) is 3.00. The van der Waals surface area contributed by atoms with Crippen LogP contribution < -0.4 is 10.5 Å². The molecule has 2 aromatic rings. The molecule has 0 aliphatic carbocycles. The quantitative estimate of drug-likeness (QED) is 0.829. The molecule has 0 saturated carbocycles. The molecule has 0 unspecified atom stereocenters. The Balaban J connectivity index is 2.19. The van der Waals surface area contributed by atoms with Gasteiger partial charge in [-0.2, -0.15) is 0 Å². The predicted octanol–water partition coefficient (Wildman–Crippen LogP) is 2.82. The molecule has 6 heteroatoms. The zero-order valence-electron chi connectivity index (χ0n) is 10.9. The van der Waals surface area contributed by atoms with E-state index in [9.17, 15) is 8.42 Å². The number of rotatable bonds is 4. The Labute approximate surface area is 127 Å². The van der Waals surface area contributed by atoms with Gasteiger partial charge in [0.25, 0.3) is 0 Å². The van der Waals surface area contributed by atoms with Gasteiger partial charge in [0.2, 0.25) is 10.0 Å². The second-order valence-electron chi connectivity index (χ2n) is 4.43. The standard InChI is InChI=1S/C14H15BrN2O2S/c1-10-4-2-3-5-11(10)9-17-20(18,19)12-6-7-14(16)13(15)8-12/h2-8,17H,9,16H2,1H3. The van der Waals surface area contributed by atoms with Gasteiger partial charge >= 0.3 is 0 Å². The van der Waals surface area contributed by atoms with E-state index in [0.717, 1.165) is 11.1 Å². The first kappa shape index (κ1) is 15.0. The average molecular weight is 355 g/mol. The van der Waals surface area contributed by atoms with Crippen molar-refractivity contribution in [3.05, 3.63) is 58.1 Å². The van der Waals surface area contributed by atoms with Crippen LogP contribution in [0, 0.1) is 6.92 Å². The number of sulfonamides is 1. The molecule has 0 atom stereocenters. The molecule has 0 radical (unpaired) electrons. The summed E-state index contributed by atoms with van der Waals surface area (Å²) < 4.78 is 27.6. The summed E-state index contributed by atoms with van der Waals surface area (Å²) in [6, 6.07) is 12.2. The molecule has 0 heterocycles. The lowest BCUT2D eigenvalue weighted by atomic mass is 10.1. The maximum atomic E-state index is 12.2. The highest BCUT2D eigenvalue weighted by Gasteiger charge is 2.15. The normalized spacial score (nSPS) is 11.5. The van der Waals surface area contributed by atoms with Crippen LogP contribution in [0.1, 0.15) is 11.1 Å². The van der Waals surface area contributed by atoms with E-state index in [1.165, 1.54) is 12.1 Å². The number of benzene rings is 2. The average Bonchev–Trinajstić information content (AvgIpc) is 2.41. The van der Waals surface area contributed by atoms with Crippen molar-refractivity contribution in [3.8, 4) is 0 Å². The van der Waals surface area contributed by atoms with Crippen molar-refractivity contribution in [2.75, 3.05) is 5.73 Å². The summed E-state index contributed by atoms with van der Waals surface area (Å²) in [5, 5.41) is 0. The van der Waals surface area contributed by atoms with Crippen LogP contribution in [-0.2, 0) is 16.6 Å². The van der Waals surface area contributed by atoms with Gasteiger partial charge in [-0.15, -0.1) is 0 Å². The minimum atomic E-state index is -3.55. The Morgan fingerprint density at radius 3 is 2.55 bits per heavy atom. The molecule has 0 fully saturated rings. The van der Waals surface area contributed by atoms with Crippen molar-refractivity contribution < 1.29 is 8.42 Å². The van der Waals surface area contributed by atoms with E-state index in [-0.39, 0.29) is 11.4 Å². The Morgan fingerprint density at radius 2 is 1.90 bits per heavy atom. The highest BCUT2D eigenvalue weighted by atomic mass is 79.9. The SMILES string of the molecule is Cc1ccccc1CNS(=O)(=O)c1ccc(N)c(Br)c1.